The zero-order valence-corrected chi connectivity index (χ0v) is 14.9. The second-order valence-electron chi connectivity index (χ2n) is 4.38. The molecule has 110 valence electrons. The zero-order valence-electron chi connectivity index (χ0n) is 12.0. The predicted molar refractivity (Wildman–Crippen MR) is 95.7 cm³/mol. The Morgan fingerprint density at radius 2 is 1.95 bits per heavy atom. The summed E-state index contributed by atoms with van der Waals surface area (Å²) in [4.78, 5) is 4.50. The summed E-state index contributed by atoms with van der Waals surface area (Å²) in [7, 11) is 3.25. The van der Waals surface area contributed by atoms with Crippen molar-refractivity contribution in [3.63, 3.8) is 0 Å². The summed E-state index contributed by atoms with van der Waals surface area (Å²) in [5.41, 5.74) is 2.76. The highest BCUT2D eigenvalue weighted by Gasteiger charge is 2.09. The minimum atomic E-state index is 0.689. The highest BCUT2D eigenvalue weighted by atomic mass is 127. The molecule has 0 heterocycles. The van der Waals surface area contributed by atoms with Gasteiger partial charge in [0.25, 0.3) is 0 Å². The molecule has 0 aliphatic heterocycles. The van der Waals surface area contributed by atoms with Crippen LogP contribution >= 0.6 is 34.2 Å². The summed E-state index contributed by atoms with van der Waals surface area (Å²) in [6.45, 7) is 1.95. The number of ether oxygens (including phenoxy) is 2. The Morgan fingerprint density at radius 3 is 2.62 bits per heavy atom. The normalized spacial score (nSPS) is 10.9. The number of hydrogen-bond acceptors (Lipinski definition) is 3. The van der Waals surface area contributed by atoms with Crippen molar-refractivity contribution in [1.29, 1.82) is 0 Å². The number of aliphatic imine (C=N–C) groups is 1. The molecule has 0 spiro atoms. The van der Waals surface area contributed by atoms with Gasteiger partial charge in [-0.2, -0.15) is 0 Å². The predicted octanol–water partition coefficient (Wildman–Crippen LogP) is 5.02. The van der Waals surface area contributed by atoms with Gasteiger partial charge < -0.3 is 9.47 Å². The van der Waals surface area contributed by atoms with E-state index in [-0.39, 0.29) is 0 Å². The first-order chi connectivity index (χ1) is 10.1. The van der Waals surface area contributed by atoms with E-state index >= 15 is 0 Å². The lowest BCUT2D eigenvalue weighted by molar-refractivity contribution is 0.353. The summed E-state index contributed by atoms with van der Waals surface area (Å²) in [5, 5.41) is 0.714. The van der Waals surface area contributed by atoms with Crippen molar-refractivity contribution < 1.29 is 9.47 Å². The van der Waals surface area contributed by atoms with Crippen LogP contribution in [0.25, 0.3) is 0 Å². The van der Waals surface area contributed by atoms with Crippen LogP contribution in [0.3, 0.4) is 0 Å². The van der Waals surface area contributed by atoms with Gasteiger partial charge in [-0.3, -0.25) is 4.99 Å². The minimum Gasteiger partial charge on any atom is -0.493 e. The first-order valence-corrected chi connectivity index (χ1v) is 7.73. The van der Waals surface area contributed by atoms with E-state index in [4.69, 9.17) is 21.1 Å². The first-order valence-electron chi connectivity index (χ1n) is 6.27. The second kappa shape index (κ2) is 7.13. The second-order valence-corrected chi connectivity index (χ2v) is 5.95. The Kier molecular flexibility index (Phi) is 5.47. The molecule has 0 aromatic heterocycles. The number of nitrogens with zero attached hydrogens (tertiary/aromatic N) is 1. The van der Waals surface area contributed by atoms with Crippen LogP contribution in [0.15, 0.2) is 35.3 Å². The molecular formula is C16H15ClINO2. The highest BCUT2D eigenvalue weighted by Crippen LogP contribution is 2.33. The quantitative estimate of drug-likeness (QED) is 0.518. The molecule has 0 radical (unpaired) electrons. The SMILES string of the molecule is COc1cc(C=Nc2cccc(Cl)c2C)cc(I)c1OC. The van der Waals surface area contributed by atoms with Crippen LogP contribution in [0.1, 0.15) is 11.1 Å². The fraction of sp³-hybridized carbons (Fsp3) is 0.188. The maximum Gasteiger partial charge on any atom is 0.174 e. The summed E-state index contributed by atoms with van der Waals surface area (Å²) >= 11 is 8.31. The molecule has 21 heavy (non-hydrogen) atoms. The van der Waals surface area contributed by atoms with Crippen LogP contribution in [0.2, 0.25) is 5.02 Å². The number of rotatable bonds is 4. The van der Waals surface area contributed by atoms with Crippen LogP contribution in [-0.4, -0.2) is 20.4 Å². The highest BCUT2D eigenvalue weighted by molar-refractivity contribution is 14.1. The minimum absolute atomic E-state index is 0.689. The number of benzene rings is 2. The topological polar surface area (TPSA) is 30.8 Å². The van der Waals surface area contributed by atoms with E-state index in [1.165, 1.54) is 0 Å². The van der Waals surface area contributed by atoms with Gasteiger partial charge in [0.1, 0.15) is 0 Å². The van der Waals surface area contributed by atoms with Crippen molar-refractivity contribution in [3.8, 4) is 11.5 Å². The van der Waals surface area contributed by atoms with Gasteiger partial charge in [-0.15, -0.1) is 0 Å². The maximum absolute atomic E-state index is 6.10. The molecule has 0 amide bonds. The number of methoxy groups -OCH3 is 2. The smallest absolute Gasteiger partial charge is 0.174 e. The lowest BCUT2D eigenvalue weighted by Crippen LogP contribution is -1.95. The Bertz CT molecular complexity index is 686. The monoisotopic (exact) mass is 415 g/mol. The summed E-state index contributed by atoms with van der Waals surface area (Å²) < 4.78 is 11.6. The van der Waals surface area contributed by atoms with E-state index in [0.29, 0.717) is 10.8 Å². The van der Waals surface area contributed by atoms with Gasteiger partial charge in [-0.05, 0) is 64.9 Å². The van der Waals surface area contributed by atoms with E-state index in [9.17, 15) is 0 Å². The van der Waals surface area contributed by atoms with E-state index in [2.05, 4.69) is 27.6 Å². The molecule has 0 aliphatic rings. The molecule has 0 bridgehead atoms. The fourth-order valence-electron chi connectivity index (χ4n) is 1.89. The molecule has 0 saturated heterocycles. The standard InChI is InChI=1S/C16H15ClINO2/c1-10-12(17)5-4-6-14(10)19-9-11-7-13(18)16(21-3)15(8-11)20-2/h4-9H,1-3H3. The lowest BCUT2D eigenvalue weighted by atomic mass is 10.2. The van der Waals surface area contributed by atoms with E-state index in [1.54, 1.807) is 20.4 Å². The van der Waals surface area contributed by atoms with Crippen molar-refractivity contribution in [2.45, 2.75) is 6.92 Å². The Morgan fingerprint density at radius 1 is 1.19 bits per heavy atom. The largest absolute Gasteiger partial charge is 0.493 e. The zero-order chi connectivity index (χ0) is 15.4. The van der Waals surface area contributed by atoms with Crippen molar-refractivity contribution in [2.24, 2.45) is 4.99 Å². The van der Waals surface area contributed by atoms with E-state index < -0.39 is 0 Å². The third-order valence-electron chi connectivity index (χ3n) is 3.05. The third-order valence-corrected chi connectivity index (χ3v) is 4.26. The van der Waals surface area contributed by atoms with Crippen LogP contribution in [0.4, 0.5) is 5.69 Å². The molecule has 3 nitrogen and oxygen atoms in total. The van der Waals surface area contributed by atoms with Crippen molar-refractivity contribution in [1.82, 2.24) is 0 Å². The molecule has 0 atom stereocenters. The van der Waals surface area contributed by atoms with Crippen LogP contribution in [-0.2, 0) is 0 Å². The molecule has 2 aromatic rings. The average Bonchev–Trinajstić information content (AvgIpc) is 2.48. The van der Waals surface area contributed by atoms with Crippen molar-refractivity contribution in [2.75, 3.05) is 14.2 Å². The van der Waals surface area contributed by atoms with Gasteiger partial charge in [-0.1, -0.05) is 17.7 Å². The van der Waals surface area contributed by atoms with Gasteiger partial charge in [-0.25, -0.2) is 0 Å². The van der Waals surface area contributed by atoms with Gasteiger partial charge in [0.05, 0.1) is 23.5 Å². The van der Waals surface area contributed by atoms with E-state index in [0.717, 1.165) is 26.1 Å². The van der Waals surface area contributed by atoms with Gasteiger partial charge in [0, 0.05) is 11.2 Å². The Balaban J connectivity index is 2.37. The van der Waals surface area contributed by atoms with Crippen molar-refractivity contribution in [3.05, 3.63) is 50.1 Å². The molecule has 0 unspecified atom stereocenters. The Hall–Kier alpha value is -1.27. The molecule has 2 aromatic carbocycles. The van der Waals surface area contributed by atoms with Crippen LogP contribution < -0.4 is 9.47 Å². The van der Waals surface area contributed by atoms with Gasteiger partial charge in [0.15, 0.2) is 11.5 Å². The van der Waals surface area contributed by atoms with Crippen molar-refractivity contribution >= 4 is 46.1 Å². The lowest BCUT2D eigenvalue weighted by Gasteiger charge is -2.10. The molecule has 2 rings (SSSR count). The Labute approximate surface area is 143 Å². The van der Waals surface area contributed by atoms with Gasteiger partial charge >= 0.3 is 0 Å². The number of hydrogen-bond donors (Lipinski definition) is 0. The van der Waals surface area contributed by atoms with Crippen LogP contribution in [0, 0.1) is 10.5 Å². The van der Waals surface area contributed by atoms with E-state index in [1.807, 2.05) is 37.3 Å². The average molecular weight is 416 g/mol. The summed E-state index contributed by atoms with van der Waals surface area (Å²) in [5.74, 6) is 1.42. The fourth-order valence-corrected chi connectivity index (χ4v) is 2.91. The third kappa shape index (κ3) is 3.68. The molecule has 0 saturated carbocycles. The molecule has 0 fully saturated rings. The first kappa shape index (κ1) is 16.1. The van der Waals surface area contributed by atoms with Gasteiger partial charge in [0.2, 0.25) is 0 Å². The number of halogens is 2. The summed E-state index contributed by atoms with van der Waals surface area (Å²) in [6, 6.07) is 9.56. The summed E-state index contributed by atoms with van der Waals surface area (Å²) in [6.07, 6.45) is 1.79. The van der Waals surface area contributed by atoms with Crippen LogP contribution in [0.5, 0.6) is 11.5 Å². The molecule has 0 N–H and O–H groups in total. The molecular weight excluding hydrogens is 401 g/mol. The molecule has 5 heteroatoms. The maximum atomic E-state index is 6.10. The molecule has 0 aliphatic carbocycles.